The molecule has 3 rings (SSSR count). The van der Waals surface area contributed by atoms with Gasteiger partial charge >= 0.3 is 0 Å². The van der Waals surface area contributed by atoms with Crippen molar-refractivity contribution >= 4 is 5.69 Å². The summed E-state index contributed by atoms with van der Waals surface area (Å²) in [6, 6.07) is 15.3. The second-order valence-corrected chi connectivity index (χ2v) is 4.80. The standard InChI is InChI=1S/C16H17NO/c1-11-6-8-12(9-7-11)15-10-13-14(17-15)4-3-5-16(13)18-2/h3-9,15,17H,10H2,1-2H3. The highest BCUT2D eigenvalue weighted by molar-refractivity contribution is 5.63. The van der Waals surface area contributed by atoms with E-state index in [0.29, 0.717) is 6.04 Å². The second kappa shape index (κ2) is 4.37. The highest BCUT2D eigenvalue weighted by Crippen LogP contribution is 2.39. The van der Waals surface area contributed by atoms with E-state index in [1.807, 2.05) is 12.1 Å². The molecule has 2 nitrogen and oxygen atoms in total. The third-order valence-corrected chi connectivity index (χ3v) is 3.57. The Morgan fingerprint density at radius 3 is 2.61 bits per heavy atom. The first kappa shape index (κ1) is 11.1. The Balaban J connectivity index is 1.91. The van der Waals surface area contributed by atoms with Crippen molar-refractivity contribution in [3.05, 3.63) is 59.2 Å². The van der Waals surface area contributed by atoms with Crippen molar-refractivity contribution in [2.24, 2.45) is 0 Å². The van der Waals surface area contributed by atoms with Crippen molar-refractivity contribution in [3.8, 4) is 5.75 Å². The lowest BCUT2D eigenvalue weighted by Gasteiger charge is -2.11. The van der Waals surface area contributed by atoms with Crippen LogP contribution in [0.5, 0.6) is 5.75 Å². The molecule has 1 heterocycles. The van der Waals surface area contributed by atoms with Crippen LogP contribution < -0.4 is 10.1 Å². The van der Waals surface area contributed by atoms with Gasteiger partial charge in [0.2, 0.25) is 0 Å². The zero-order valence-corrected chi connectivity index (χ0v) is 10.7. The van der Waals surface area contributed by atoms with Crippen LogP contribution in [0.3, 0.4) is 0 Å². The van der Waals surface area contributed by atoms with Gasteiger partial charge in [0.25, 0.3) is 0 Å². The van der Waals surface area contributed by atoms with Gasteiger partial charge < -0.3 is 10.1 Å². The van der Waals surface area contributed by atoms with E-state index in [1.165, 1.54) is 22.4 Å². The van der Waals surface area contributed by atoms with Crippen LogP contribution >= 0.6 is 0 Å². The van der Waals surface area contributed by atoms with Crippen LogP contribution in [0.25, 0.3) is 0 Å². The summed E-state index contributed by atoms with van der Waals surface area (Å²) in [7, 11) is 1.73. The maximum atomic E-state index is 5.42. The maximum Gasteiger partial charge on any atom is 0.124 e. The number of fused-ring (bicyclic) bond motifs is 1. The third kappa shape index (κ3) is 1.84. The van der Waals surface area contributed by atoms with Crippen LogP contribution in [-0.4, -0.2) is 7.11 Å². The molecule has 0 saturated carbocycles. The van der Waals surface area contributed by atoms with E-state index >= 15 is 0 Å². The van der Waals surface area contributed by atoms with Crippen LogP contribution in [0.4, 0.5) is 5.69 Å². The molecule has 92 valence electrons. The van der Waals surface area contributed by atoms with E-state index in [0.717, 1.165) is 12.2 Å². The Kier molecular flexibility index (Phi) is 2.71. The van der Waals surface area contributed by atoms with Crippen LogP contribution in [-0.2, 0) is 6.42 Å². The average molecular weight is 239 g/mol. The van der Waals surface area contributed by atoms with Gasteiger partial charge in [0.05, 0.1) is 13.2 Å². The van der Waals surface area contributed by atoms with Crippen LogP contribution in [0.15, 0.2) is 42.5 Å². The number of methoxy groups -OCH3 is 1. The lowest BCUT2D eigenvalue weighted by Crippen LogP contribution is -2.05. The second-order valence-electron chi connectivity index (χ2n) is 4.80. The normalized spacial score (nSPS) is 17.1. The minimum absolute atomic E-state index is 0.358. The predicted octanol–water partition coefficient (Wildman–Crippen LogP) is 3.71. The summed E-state index contributed by atoms with van der Waals surface area (Å²) in [5.74, 6) is 0.981. The molecule has 0 amide bonds. The highest BCUT2D eigenvalue weighted by Gasteiger charge is 2.24. The Labute approximate surface area is 108 Å². The van der Waals surface area contributed by atoms with Crippen LogP contribution in [0, 0.1) is 6.92 Å². The molecule has 0 aromatic heterocycles. The minimum atomic E-state index is 0.358. The van der Waals surface area contributed by atoms with Gasteiger partial charge in [-0.05, 0) is 24.6 Å². The van der Waals surface area contributed by atoms with Gasteiger partial charge in [-0.15, -0.1) is 0 Å². The molecule has 18 heavy (non-hydrogen) atoms. The van der Waals surface area contributed by atoms with Crippen LogP contribution in [0.2, 0.25) is 0 Å². The van der Waals surface area contributed by atoms with Crippen molar-refractivity contribution in [2.75, 3.05) is 12.4 Å². The number of aryl methyl sites for hydroxylation is 1. The van der Waals surface area contributed by atoms with Gasteiger partial charge in [-0.25, -0.2) is 0 Å². The monoisotopic (exact) mass is 239 g/mol. The van der Waals surface area contributed by atoms with Gasteiger partial charge in [-0.1, -0.05) is 35.9 Å². The van der Waals surface area contributed by atoms with Crippen molar-refractivity contribution < 1.29 is 4.74 Å². The molecule has 0 spiro atoms. The third-order valence-electron chi connectivity index (χ3n) is 3.57. The zero-order valence-electron chi connectivity index (χ0n) is 10.7. The zero-order chi connectivity index (χ0) is 12.5. The first-order valence-corrected chi connectivity index (χ1v) is 6.27. The lowest BCUT2D eigenvalue weighted by molar-refractivity contribution is 0.410. The smallest absolute Gasteiger partial charge is 0.124 e. The molecule has 1 unspecified atom stereocenters. The number of nitrogens with one attached hydrogen (secondary N) is 1. The molecule has 1 aliphatic rings. The molecule has 0 bridgehead atoms. The molecule has 2 aromatic carbocycles. The quantitative estimate of drug-likeness (QED) is 0.862. The Hall–Kier alpha value is -1.96. The number of rotatable bonds is 2. The number of ether oxygens (including phenoxy) is 1. The molecular formula is C16H17NO. The van der Waals surface area contributed by atoms with E-state index in [2.05, 4.69) is 42.6 Å². The molecule has 2 heteroatoms. The van der Waals surface area contributed by atoms with E-state index in [-0.39, 0.29) is 0 Å². The molecule has 2 aromatic rings. The Bertz CT molecular complexity index is 560. The topological polar surface area (TPSA) is 21.3 Å². The molecule has 1 atom stereocenters. The fraction of sp³-hybridized carbons (Fsp3) is 0.250. The molecule has 1 aliphatic heterocycles. The maximum absolute atomic E-state index is 5.42. The number of anilines is 1. The van der Waals surface area contributed by atoms with Crippen molar-refractivity contribution in [1.82, 2.24) is 0 Å². The average Bonchev–Trinajstić information content (AvgIpc) is 2.83. The van der Waals surface area contributed by atoms with Gasteiger partial charge in [0.1, 0.15) is 5.75 Å². The highest BCUT2D eigenvalue weighted by atomic mass is 16.5. The summed E-state index contributed by atoms with van der Waals surface area (Å²) in [6.07, 6.45) is 0.988. The molecule has 0 saturated heterocycles. The molecular weight excluding hydrogens is 222 g/mol. The summed E-state index contributed by atoms with van der Waals surface area (Å²) >= 11 is 0. The Morgan fingerprint density at radius 1 is 1.11 bits per heavy atom. The van der Waals surface area contributed by atoms with E-state index in [9.17, 15) is 0 Å². The van der Waals surface area contributed by atoms with Crippen LogP contribution in [0.1, 0.15) is 22.7 Å². The molecule has 0 aliphatic carbocycles. The molecule has 0 radical (unpaired) electrons. The number of hydrogen-bond donors (Lipinski definition) is 1. The number of benzene rings is 2. The first-order chi connectivity index (χ1) is 8.78. The van der Waals surface area contributed by atoms with E-state index in [1.54, 1.807) is 7.11 Å². The summed E-state index contributed by atoms with van der Waals surface area (Å²) in [5.41, 5.74) is 5.11. The van der Waals surface area contributed by atoms with Crippen molar-refractivity contribution in [2.45, 2.75) is 19.4 Å². The summed E-state index contributed by atoms with van der Waals surface area (Å²) in [6.45, 7) is 2.11. The van der Waals surface area contributed by atoms with Crippen molar-refractivity contribution in [3.63, 3.8) is 0 Å². The van der Waals surface area contributed by atoms with Gasteiger partial charge in [0, 0.05) is 17.7 Å². The number of hydrogen-bond acceptors (Lipinski definition) is 2. The van der Waals surface area contributed by atoms with E-state index < -0.39 is 0 Å². The Morgan fingerprint density at radius 2 is 1.89 bits per heavy atom. The summed E-state index contributed by atoms with van der Waals surface area (Å²) in [4.78, 5) is 0. The van der Waals surface area contributed by atoms with Gasteiger partial charge in [-0.2, -0.15) is 0 Å². The SMILES string of the molecule is COc1cccc2c1CC(c1ccc(C)cc1)N2. The fourth-order valence-corrected chi connectivity index (χ4v) is 2.55. The van der Waals surface area contributed by atoms with Gasteiger partial charge in [0.15, 0.2) is 0 Å². The van der Waals surface area contributed by atoms with E-state index in [4.69, 9.17) is 4.74 Å². The predicted molar refractivity (Wildman–Crippen MR) is 74.2 cm³/mol. The minimum Gasteiger partial charge on any atom is -0.496 e. The first-order valence-electron chi connectivity index (χ1n) is 6.27. The largest absolute Gasteiger partial charge is 0.496 e. The summed E-state index contributed by atoms with van der Waals surface area (Å²) < 4.78 is 5.42. The van der Waals surface area contributed by atoms with Gasteiger partial charge in [-0.3, -0.25) is 0 Å². The fourth-order valence-electron chi connectivity index (χ4n) is 2.55. The lowest BCUT2D eigenvalue weighted by atomic mass is 10.0. The van der Waals surface area contributed by atoms with Crippen molar-refractivity contribution in [1.29, 1.82) is 0 Å². The molecule has 1 N–H and O–H groups in total. The molecule has 0 fully saturated rings. The summed E-state index contributed by atoms with van der Waals surface area (Å²) in [5, 5.41) is 3.56.